The highest BCUT2D eigenvalue weighted by Gasteiger charge is 2.12. The lowest BCUT2D eigenvalue weighted by atomic mass is 9.99. The third kappa shape index (κ3) is 4.13. The van der Waals surface area contributed by atoms with Gasteiger partial charge in [-0.2, -0.15) is 0 Å². The van der Waals surface area contributed by atoms with Gasteiger partial charge in [-0.15, -0.1) is 0 Å². The van der Waals surface area contributed by atoms with Gasteiger partial charge in [-0.1, -0.05) is 36.4 Å². The Kier molecular flexibility index (Phi) is 5.06. The molecule has 0 radical (unpaired) electrons. The molecule has 0 heterocycles. The Balaban J connectivity index is 2.10. The van der Waals surface area contributed by atoms with Crippen LogP contribution in [0.1, 0.15) is 24.9 Å². The average Bonchev–Trinajstić information content (AvgIpc) is 2.47. The zero-order valence-electron chi connectivity index (χ0n) is 11.9. The molecule has 0 saturated carbocycles. The summed E-state index contributed by atoms with van der Waals surface area (Å²) in [5, 5.41) is 0. The van der Waals surface area contributed by atoms with E-state index in [0.717, 1.165) is 16.7 Å². The van der Waals surface area contributed by atoms with E-state index in [2.05, 4.69) is 0 Å². The number of carbonyl (C=O) groups excluding carboxylic acids is 1. The molecule has 4 heteroatoms. The van der Waals surface area contributed by atoms with Crippen LogP contribution in [0.4, 0.5) is 4.39 Å². The van der Waals surface area contributed by atoms with Gasteiger partial charge in [0.05, 0.1) is 13.0 Å². The molecule has 0 aliphatic rings. The molecule has 2 N–H and O–H groups in total. The second-order valence-electron chi connectivity index (χ2n) is 4.75. The highest BCUT2D eigenvalue weighted by molar-refractivity contribution is 5.70. The molecule has 1 atom stereocenters. The SMILES string of the molecule is CCOC(=O)C[C@H](N)c1ccc(-c2cccc(F)c2)cc1. The molecular weight excluding hydrogens is 269 g/mol. The van der Waals surface area contributed by atoms with E-state index in [1.54, 1.807) is 13.0 Å². The van der Waals surface area contributed by atoms with Crippen LogP contribution in [0.2, 0.25) is 0 Å². The summed E-state index contributed by atoms with van der Waals surface area (Å²) in [7, 11) is 0. The monoisotopic (exact) mass is 287 g/mol. The number of carbonyl (C=O) groups is 1. The number of hydrogen-bond donors (Lipinski definition) is 1. The van der Waals surface area contributed by atoms with Crippen molar-refractivity contribution in [1.82, 2.24) is 0 Å². The fraction of sp³-hybridized carbons (Fsp3) is 0.235. The summed E-state index contributed by atoms with van der Waals surface area (Å²) in [6.45, 7) is 2.11. The molecule has 110 valence electrons. The topological polar surface area (TPSA) is 52.3 Å². The summed E-state index contributed by atoms with van der Waals surface area (Å²) in [6, 6.07) is 13.5. The number of esters is 1. The van der Waals surface area contributed by atoms with Crippen LogP contribution >= 0.6 is 0 Å². The number of ether oxygens (including phenoxy) is 1. The molecule has 0 saturated heterocycles. The Labute approximate surface area is 123 Å². The average molecular weight is 287 g/mol. The molecule has 2 rings (SSSR count). The molecular formula is C17H18FNO2. The number of benzene rings is 2. The lowest BCUT2D eigenvalue weighted by Gasteiger charge is -2.12. The lowest BCUT2D eigenvalue weighted by molar-refractivity contribution is -0.143. The highest BCUT2D eigenvalue weighted by atomic mass is 19.1. The molecule has 0 bridgehead atoms. The van der Waals surface area contributed by atoms with Crippen molar-refractivity contribution in [3.63, 3.8) is 0 Å². The van der Waals surface area contributed by atoms with Gasteiger partial charge in [0.15, 0.2) is 0 Å². The van der Waals surface area contributed by atoms with E-state index < -0.39 is 6.04 Å². The van der Waals surface area contributed by atoms with E-state index >= 15 is 0 Å². The van der Waals surface area contributed by atoms with E-state index in [4.69, 9.17) is 10.5 Å². The third-order valence-corrected chi connectivity index (χ3v) is 3.19. The van der Waals surface area contributed by atoms with E-state index in [9.17, 15) is 9.18 Å². The van der Waals surface area contributed by atoms with Crippen molar-refractivity contribution in [3.8, 4) is 11.1 Å². The first-order chi connectivity index (χ1) is 10.1. The standard InChI is InChI=1S/C17H18FNO2/c1-2-21-17(20)11-16(19)13-8-6-12(7-9-13)14-4-3-5-15(18)10-14/h3-10,16H,2,11,19H2,1H3/t16-/m0/s1. The van der Waals surface area contributed by atoms with Crippen molar-refractivity contribution in [2.45, 2.75) is 19.4 Å². The van der Waals surface area contributed by atoms with E-state index in [-0.39, 0.29) is 18.2 Å². The van der Waals surface area contributed by atoms with Crippen LogP contribution in [0, 0.1) is 5.82 Å². The first kappa shape index (κ1) is 15.2. The molecule has 0 fully saturated rings. The van der Waals surface area contributed by atoms with Crippen molar-refractivity contribution >= 4 is 5.97 Å². The molecule has 0 unspecified atom stereocenters. The first-order valence-corrected chi connectivity index (χ1v) is 6.87. The van der Waals surface area contributed by atoms with Gasteiger partial charge in [0.2, 0.25) is 0 Å². The minimum Gasteiger partial charge on any atom is -0.466 e. The summed E-state index contributed by atoms with van der Waals surface area (Å²) < 4.78 is 18.1. The van der Waals surface area contributed by atoms with Gasteiger partial charge >= 0.3 is 5.97 Å². The predicted molar refractivity (Wildman–Crippen MR) is 80.0 cm³/mol. The maximum Gasteiger partial charge on any atom is 0.307 e. The highest BCUT2D eigenvalue weighted by Crippen LogP contribution is 2.23. The van der Waals surface area contributed by atoms with Crippen LogP contribution in [0.5, 0.6) is 0 Å². The van der Waals surface area contributed by atoms with Crippen LogP contribution in [-0.4, -0.2) is 12.6 Å². The minimum atomic E-state index is -0.398. The van der Waals surface area contributed by atoms with Crippen LogP contribution in [0.3, 0.4) is 0 Å². The summed E-state index contributed by atoms with van der Waals surface area (Å²) in [6.07, 6.45) is 0.146. The second kappa shape index (κ2) is 6.99. The van der Waals surface area contributed by atoms with Gasteiger partial charge in [0.25, 0.3) is 0 Å². The van der Waals surface area contributed by atoms with Gasteiger partial charge in [-0.3, -0.25) is 4.79 Å². The summed E-state index contributed by atoms with van der Waals surface area (Å²) in [4.78, 5) is 11.4. The Hall–Kier alpha value is -2.20. The van der Waals surface area contributed by atoms with Crippen LogP contribution in [0.15, 0.2) is 48.5 Å². The fourth-order valence-corrected chi connectivity index (χ4v) is 2.11. The van der Waals surface area contributed by atoms with Crippen LogP contribution in [0.25, 0.3) is 11.1 Å². The number of rotatable bonds is 5. The van der Waals surface area contributed by atoms with Gasteiger partial charge in [0.1, 0.15) is 5.82 Å². The smallest absolute Gasteiger partial charge is 0.307 e. The second-order valence-corrected chi connectivity index (χ2v) is 4.75. The number of hydrogen-bond acceptors (Lipinski definition) is 3. The summed E-state index contributed by atoms with van der Waals surface area (Å²) >= 11 is 0. The van der Waals surface area contributed by atoms with Gasteiger partial charge in [-0.05, 0) is 35.7 Å². The Morgan fingerprint density at radius 2 is 1.90 bits per heavy atom. The molecule has 21 heavy (non-hydrogen) atoms. The van der Waals surface area contributed by atoms with Gasteiger partial charge in [0, 0.05) is 6.04 Å². The molecule has 0 spiro atoms. The largest absolute Gasteiger partial charge is 0.466 e. The lowest BCUT2D eigenvalue weighted by Crippen LogP contribution is -2.17. The van der Waals surface area contributed by atoms with E-state index in [1.807, 2.05) is 30.3 Å². The third-order valence-electron chi connectivity index (χ3n) is 3.19. The van der Waals surface area contributed by atoms with Crippen LogP contribution < -0.4 is 5.73 Å². The summed E-state index contributed by atoms with van der Waals surface area (Å²) in [5.74, 6) is -0.574. The van der Waals surface area contributed by atoms with Gasteiger partial charge in [-0.25, -0.2) is 4.39 Å². The normalized spacial score (nSPS) is 12.0. The molecule has 2 aromatic rings. The zero-order chi connectivity index (χ0) is 15.2. The molecule has 0 amide bonds. The number of halogens is 1. The van der Waals surface area contributed by atoms with Crippen molar-refractivity contribution in [3.05, 3.63) is 59.9 Å². The molecule has 0 aliphatic heterocycles. The van der Waals surface area contributed by atoms with Crippen LogP contribution in [-0.2, 0) is 9.53 Å². The first-order valence-electron chi connectivity index (χ1n) is 6.87. The molecule has 2 aromatic carbocycles. The molecule has 0 aliphatic carbocycles. The maximum atomic E-state index is 13.2. The van der Waals surface area contributed by atoms with Gasteiger partial charge < -0.3 is 10.5 Å². The number of nitrogens with two attached hydrogens (primary N) is 1. The molecule has 0 aromatic heterocycles. The zero-order valence-corrected chi connectivity index (χ0v) is 11.9. The van der Waals surface area contributed by atoms with Crippen molar-refractivity contribution in [2.75, 3.05) is 6.61 Å². The van der Waals surface area contributed by atoms with Crippen molar-refractivity contribution in [1.29, 1.82) is 0 Å². The van der Waals surface area contributed by atoms with E-state index in [1.165, 1.54) is 12.1 Å². The van der Waals surface area contributed by atoms with Crippen molar-refractivity contribution < 1.29 is 13.9 Å². The Bertz CT molecular complexity index is 610. The fourth-order valence-electron chi connectivity index (χ4n) is 2.11. The maximum absolute atomic E-state index is 13.2. The Morgan fingerprint density at radius 1 is 1.19 bits per heavy atom. The van der Waals surface area contributed by atoms with Crippen molar-refractivity contribution in [2.24, 2.45) is 5.73 Å². The van der Waals surface area contributed by atoms with E-state index in [0.29, 0.717) is 6.61 Å². The quantitative estimate of drug-likeness (QED) is 0.857. The molecule has 3 nitrogen and oxygen atoms in total. The summed E-state index contributed by atoms with van der Waals surface area (Å²) in [5.41, 5.74) is 8.54. The predicted octanol–water partition coefficient (Wildman–Crippen LogP) is 3.45. The Morgan fingerprint density at radius 3 is 2.52 bits per heavy atom. The minimum absolute atomic E-state index is 0.146.